The Morgan fingerprint density at radius 2 is 2.33 bits per heavy atom. The summed E-state index contributed by atoms with van der Waals surface area (Å²) in [6.07, 6.45) is 5.06. The Kier molecular flexibility index (Phi) is 4.33. The Labute approximate surface area is 87.2 Å². The highest BCUT2D eigenvalue weighted by Crippen LogP contribution is 1.84. The number of carbonyl (C=O) groups is 2. The van der Waals surface area contributed by atoms with Gasteiger partial charge in [0.05, 0.1) is 12.9 Å². The van der Waals surface area contributed by atoms with Crippen molar-refractivity contribution >= 4 is 11.9 Å². The van der Waals surface area contributed by atoms with Crippen molar-refractivity contribution < 1.29 is 14.3 Å². The first-order valence-corrected chi connectivity index (χ1v) is 4.64. The third kappa shape index (κ3) is 3.80. The summed E-state index contributed by atoms with van der Waals surface area (Å²) in [5, 5.41) is 2.44. The molecule has 1 heterocycles. The predicted octanol–water partition coefficient (Wildman–Crippen LogP) is -0.438. The number of ether oxygens (including phenoxy) is 1. The van der Waals surface area contributed by atoms with Crippen molar-refractivity contribution in [2.45, 2.75) is 13.5 Å². The van der Waals surface area contributed by atoms with E-state index < -0.39 is 11.9 Å². The third-order valence-electron chi connectivity index (χ3n) is 1.68. The largest absolute Gasteiger partial charge is 0.459 e. The van der Waals surface area contributed by atoms with Crippen molar-refractivity contribution in [3.63, 3.8) is 0 Å². The molecule has 15 heavy (non-hydrogen) atoms. The molecule has 0 unspecified atom stereocenters. The highest BCUT2D eigenvalue weighted by Gasteiger charge is 2.12. The second-order valence-corrected chi connectivity index (χ2v) is 2.78. The van der Waals surface area contributed by atoms with Crippen molar-refractivity contribution in [2.75, 3.05) is 13.2 Å². The number of nitrogens with one attached hydrogen (secondary N) is 1. The zero-order valence-corrected chi connectivity index (χ0v) is 8.47. The summed E-state index contributed by atoms with van der Waals surface area (Å²) in [7, 11) is 0. The molecule has 1 aromatic rings. The van der Waals surface area contributed by atoms with Crippen LogP contribution in [0.3, 0.4) is 0 Å². The summed E-state index contributed by atoms with van der Waals surface area (Å²) < 4.78 is 6.32. The molecule has 0 aromatic carbocycles. The number of rotatable bonds is 4. The van der Waals surface area contributed by atoms with E-state index >= 15 is 0 Å². The van der Waals surface area contributed by atoms with Gasteiger partial charge in [0, 0.05) is 25.5 Å². The molecular weight excluding hydrogens is 198 g/mol. The van der Waals surface area contributed by atoms with Crippen molar-refractivity contribution in [3.05, 3.63) is 18.7 Å². The van der Waals surface area contributed by atoms with Gasteiger partial charge in [-0.1, -0.05) is 0 Å². The number of amides is 1. The standard InChI is InChI=1S/C9H13N3O3/c1-2-15-9(14)8(13)11-4-6-12-5-3-10-7-12/h3,5,7H,2,4,6H2,1H3,(H,11,13). The first-order valence-electron chi connectivity index (χ1n) is 4.64. The Morgan fingerprint density at radius 3 is 2.93 bits per heavy atom. The Hall–Kier alpha value is -1.85. The van der Waals surface area contributed by atoms with Gasteiger partial charge in [-0.15, -0.1) is 0 Å². The van der Waals surface area contributed by atoms with Crippen LogP contribution in [0.2, 0.25) is 0 Å². The Morgan fingerprint density at radius 1 is 1.53 bits per heavy atom. The van der Waals surface area contributed by atoms with Crippen molar-refractivity contribution in [2.24, 2.45) is 0 Å². The molecule has 1 amide bonds. The van der Waals surface area contributed by atoms with Crippen molar-refractivity contribution in [1.82, 2.24) is 14.9 Å². The fraction of sp³-hybridized carbons (Fsp3) is 0.444. The van der Waals surface area contributed by atoms with Crippen LogP contribution in [0.4, 0.5) is 0 Å². The van der Waals surface area contributed by atoms with Crippen LogP contribution < -0.4 is 5.32 Å². The molecule has 0 spiro atoms. The number of hydrogen-bond donors (Lipinski definition) is 1. The maximum absolute atomic E-state index is 11.1. The first-order chi connectivity index (χ1) is 7.24. The zero-order chi connectivity index (χ0) is 11.1. The maximum Gasteiger partial charge on any atom is 0.396 e. The molecule has 6 nitrogen and oxygen atoms in total. The van der Waals surface area contributed by atoms with Gasteiger partial charge < -0.3 is 14.6 Å². The molecule has 1 rings (SSSR count). The summed E-state index contributed by atoms with van der Waals surface area (Å²) in [6, 6.07) is 0. The lowest BCUT2D eigenvalue weighted by Crippen LogP contribution is -2.34. The normalized spacial score (nSPS) is 9.67. The number of esters is 1. The van der Waals surface area contributed by atoms with Crippen LogP contribution in [0, 0.1) is 0 Å². The van der Waals surface area contributed by atoms with Crippen molar-refractivity contribution in [1.29, 1.82) is 0 Å². The fourth-order valence-corrected chi connectivity index (χ4v) is 0.986. The minimum absolute atomic E-state index is 0.202. The lowest BCUT2D eigenvalue weighted by atomic mass is 10.5. The van der Waals surface area contributed by atoms with E-state index in [0.717, 1.165) is 0 Å². The van der Waals surface area contributed by atoms with E-state index in [-0.39, 0.29) is 6.61 Å². The monoisotopic (exact) mass is 211 g/mol. The van der Waals surface area contributed by atoms with Crippen LogP contribution in [0.1, 0.15) is 6.92 Å². The van der Waals surface area contributed by atoms with Gasteiger partial charge in [0.15, 0.2) is 0 Å². The van der Waals surface area contributed by atoms with Crippen LogP contribution in [-0.2, 0) is 20.9 Å². The molecule has 0 radical (unpaired) electrons. The van der Waals surface area contributed by atoms with Crippen molar-refractivity contribution in [3.8, 4) is 0 Å². The minimum Gasteiger partial charge on any atom is -0.459 e. The van der Waals surface area contributed by atoms with Gasteiger partial charge in [-0.3, -0.25) is 4.79 Å². The Bertz CT molecular complexity index is 321. The number of nitrogens with zero attached hydrogens (tertiary/aromatic N) is 2. The van der Waals surface area contributed by atoms with E-state index in [1.165, 1.54) is 0 Å². The topological polar surface area (TPSA) is 73.2 Å². The highest BCUT2D eigenvalue weighted by molar-refractivity contribution is 6.32. The van der Waals surface area contributed by atoms with E-state index in [0.29, 0.717) is 13.1 Å². The number of hydrogen-bond acceptors (Lipinski definition) is 4. The van der Waals surface area contributed by atoms with E-state index in [9.17, 15) is 9.59 Å². The average Bonchev–Trinajstić information content (AvgIpc) is 2.71. The van der Waals surface area contributed by atoms with E-state index in [2.05, 4.69) is 15.0 Å². The lowest BCUT2D eigenvalue weighted by Gasteiger charge is -2.04. The summed E-state index contributed by atoms with van der Waals surface area (Å²) >= 11 is 0. The lowest BCUT2D eigenvalue weighted by molar-refractivity contribution is -0.154. The zero-order valence-electron chi connectivity index (χ0n) is 8.47. The van der Waals surface area contributed by atoms with Gasteiger partial charge in [0.2, 0.25) is 0 Å². The molecule has 0 aliphatic heterocycles. The van der Waals surface area contributed by atoms with Gasteiger partial charge in [-0.25, -0.2) is 9.78 Å². The first kappa shape index (κ1) is 11.2. The van der Waals surface area contributed by atoms with Gasteiger partial charge in [0.25, 0.3) is 0 Å². The smallest absolute Gasteiger partial charge is 0.396 e. The molecule has 0 fully saturated rings. The summed E-state index contributed by atoms with van der Waals surface area (Å²) in [5.74, 6) is -1.56. The van der Waals surface area contributed by atoms with Gasteiger partial charge in [-0.05, 0) is 6.92 Å². The molecule has 0 saturated carbocycles. The van der Waals surface area contributed by atoms with Crippen LogP contribution in [0.5, 0.6) is 0 Å². The predicted molar refractivity (Wildman–Crippen MR) is 51.9 cm³/mol. The molecule has 0 saturated heterocycles. The van der Waals surface area contributed by atoms with Crippen LogP contribution in [-0.4, -0.2) is 34.6 Å². The van der Waals surface area contributed by atoms with E-state index in [1.54, 1.807) is 30.2 Å². The van der Waals surface area contributed by atoms with Gasteiger partial charge in [0.1, 0.15) is 0 Å². The maximum atomic E-state index is 11.1. The molecule has 0 aliphatic carbocycles. The van der Waals surface area contributed by atoms with E-state index in [4.69, 9.17) is 0 Å². The van der Waals surface area contributed by atoms with E-state index in [1.807, 2.05) is 0 Å². The van der Waals surface area contributed by atoms with Gasteiger partial charge >= 0.3 is 11.9 Å². The minimum atomic E-state index is -0.844. The van der Waals surface area contributed by atoms with Gasteiger partial charge in [-0.2, -0.15) is 0 Å². The summed E-state index contributed by atoms with van der Waals surface area (Å²) in [6.45, 7) is 2.80. The molecule has 0 atom stereocenters. The number of imidazole rings is 1. The van der Waals surface area contributed by atoms with Crippen LogP contribution >= 0.6 is 0 Å². The second kappa shape index (κ2) is 5.79. The third-order valence-corrected chi connectivity index (χ3v) is 1.68. The van der Waals surface area contributed by atoms with Crippen LogP contribution in [0.15, 0.2) is 18.7 Å². The molecule has 1 aromatic heterocycles. The Balaban J connectivity index is 2.20. The second-order valence-electron chi connectivity index (χ2n) is 2.78. The molecule has 82 valence electrons. The fourth-order valence-electron chi connectivity index (χ4n) is 0.986. The highest BCUT2D eigenvalue weighted by atomic mass is 16.5. The summed E-state index contributed by atoms with van der Waals surface area (Å²) in [4.78, 5) is 25.8. The molecule has 1 N–H and O–H groups in total. The average molecular weight is 211 g/mol. The quantitative estimate of drug-likeness (QED) is 0.541. The molecule has 6 heteroatoms. The molecule has 0 aliphatic rings. The number of carbonyl (C=O) groups excluding carboxylic acids is 2. The van der Waals surface area contributed by atoms with Crippen LogP contribution in [0.25, 0.3) is 0 Å². The molecule has 0 bridgehead atoms. The summed E-state index contributed by atoms with van der Waals surface area (Å²) in [5.41, 5.74) is 0. The molecular formula is C9H13N3O3. The number of aromatic nitrogens is 2. The SMILES string of the molecule is CCOC(=O)C(=O)NCCn1ccnc1.